The largest absolute Gasteiger partial charge is 0.339 e. The Morgan fingerprint density at radius 2 is 1.92 bits per heavy atom. The first-order chi connectivity index (χ1) is 12.4. The van der Waals surface area contributed by atoms with Crippen molar-refractivity contribution in [1.82, 2.24) is 25.2 Å². The highest BCUT2D eigenvalue weighted by molar-refractivity contribution is 5.91. The minimum atomic E-state index is -0.136. The lowest BCUT2D eigenvalue weighted by Crippen LogP contribution is -2.38. The van der Waals surface area contributed by atoms with Gasteiger partial charge in [-0.05, 0) is 38.4 Å². The van der Waals surface area contributed by atoms with E-state index in [1.807, 2.05) is 11.7 Å². The van der Waals surface area contributed by atoms with Gasteiger partial charge in [0.25, 0.3) is 5.91 Å². The second kappa shape index (κ2) is 7.58. The number of amides is 1. The zero-order valence-electron chi connectivity index (χ0n) is 16.2. The molecule has 1 saturated heterocycles. The van der Waals surface area contributed by atoms with Gasteiger partial charge in [-0.2, -0.15) is 0 Å². The van der Waals surface area contributed by atoms with E-state index < -0.39 is 0 Å². The Morgan fingerprint density at radius 3 is 2.58 bits per heavy atom. The third-order valence-electron chi connectivity index (χ3n) is 5.22. The Balaban J connectivity index is 1.67. The Bertz CT molecular complexity index is 744. The summed E-state index contributed by atoms with van der Waals surface area (Å²) in [4.78, 5) is 14.5. The molecule has 140 valence electrons. The minimum absolute atomic E-state index is 0.0784. The maximum atomic E-state index is 12.8. The van der Waals surface area contributed by atoms with Crippen LogP contribution in [0.3, 0.4) is 0 Å². The van der Waals surface area contributed by atoms with Crippen molar-refractivity contribution < 1.29 is 4.79 Å². The number of carbonyl (C=O) groups is 1. The molecule has 0 aliphatic carbocycles. The Labute approximate surface area is 155 Å². The first kappa shape index (κ1) is 18.6. The van der Waals surface area contributed by atoms with Gasteiger partial charge in [0.1, 0.15) is 0 Å². The number of rotatable bonds is 5. The quantitative estimate of drug-likeness (QED) is 0.895. The summed E-state index contributed by atoms with van der Waals surface area (Å²) in [6, 6.07) is 8.84. The molecule has 26 heavy (non-hydrogen) atoms. The van der Waals surface area contributed by atoms with Crippen LogP contribution in [0.15, 0.2) is 30.5 Å². The van der Waals surface area contributed by atoms with Gasteiger partial charge < -0.3 is 10.2 Å². The predicted octanol–water partition coefficient (Wildman–Crippen LogP) is 2.56. The van der Waals surface area contributed by atoms with E-state index in [9.17, 15) is 4.79 Å². The second-order valence-electron chi connectivity index (χ2n) is 7.98. The molecule has 2 heterocycles. The molecule has 1 aromatic carbocycles. The highest BCUT2D eigenvalue weighted by atomic mass is 16.2. The topological polar surface area (TPSA) is 63.1 Å². The molecule has 1 aromatic heterocycles. The van der Waals surface area contributed by atoms with Gasteiger partial charge in [-0.1, -0.05) is 48.9 Å². The summed E-state index contributed by atoms with van der Waals surface area (Å²) < 4.78 is 1.85. The molecule has 1 aliphatic heterocycles. The molecule has 0 unspecified atom stereocenters. The number of aryl methyl sites for hydroxylation is 1. The van der Waals surface area contributed by atoms with Gasteiger partial charge in [0.2, 0.25) is 0 Å². The smallest absolute Gasteiger partial charge is 0.275 e. The molecule has 3 rings (SSSR count). The standard InChI is InChI=1S/C20H29N5O/c1-15-5-7-16(8-6-15)20(2,3)14-24(4)19(26)18-13-25(23-22-18)17-9-11-21-12-10-17/h5-8,13,17,21H,9-12,14H2,1-4H3. The van der Waals surface area contributed by atoms with E-state index in [1.54, 1.807) is 11.1 Å². The van der Waals surface area contributed by atoms with Gasteiger partial charge in [0.15, 0.2) is 5.69 Å². The molecule has 0 radical (unpaired) electrons. The molecule has 0 spiro atoms. The van der Waals surface area contributed by atoms with E-state index >= 15 is 0 Å². The van der Waals surface area contributed by atoms with Crippen molar-refractivity contribution in [2.75, 3.05) is 26.7 Å². The van der Waals surface area contributed by atoms with E-state index in [1.165, 1.54) is 11.1 Å². The predicted molar refractivity (Wildman–Crippen MR) is 102 cm³/mol. The lowest BCUT2D eigenvalue weighted by molar-refractivity contribution is 0.0761. The summed E-state index contributed by atoms with van der Waals surface area (Å²) >= 11 is 0. The third kappa shape index (κ3) is 4.12. The van der Waals surface area contributed by atoms with Crippen molar-refractivity contribution in [1.29, 1.82) is 0 Å². The number of piperidine rings is 1. The van der Waals surface area contributed by atoms with Gasteiger partial charge in [0.05, 0.1) is 12.2 Å². The Morgan fingerprint density at radius 1 is 1.27 bits per heavy atom. The first-order valence-electron chi connectivity index (χ1n) is 9.32. The molecule has 1 amide bonds. The van der Waals surface area contributed by atoms with Crippen LogP contribution in [0.25, 0.3) is 0 Å². The van der Waals surface area contributed by atoms with Crippen molar-refractivity contribution in [3.63, 3.8) is 0 Å². The zero-order chi connectivity index (χ0) is 18.7. The summed E-state index contributed by atoms with van der Waals surface area (Å²) in [5, 5.41) is 11.7. The van der Waals surface area contributed by atoms with Crippen molar-refractivity contribution >= 4 is 5.91 Å². The molecule has 6 nitrogen and oxygen atoms in total. The molecule has 1 aliphatic rings. The summed E-state index contributed by atoms with van der Waals surface area (Å²) in [5.41, 5.74) is 2.75. The number of nitrogens with zero attached hydrogens (tertiary/aromatic N) is 4. The third-order valence-corrected chi connectivity index (χ3v) is 5.22. The summed E-state index contributed by atoms with van der Waals surface area (Å²) in [7, 11) is 1.84. The maximum Gasteiger partial charge on any atom is 0.275 e. The van der Waals surface area contributed by atoms with Gasteiger partial charge >= 0.3 is 0 Å². The van der Waals surface area contributed by atoms with Crippen LogP contribution in [0.5, 0.6) is 0 Å². The summed E-state index contributed by atoms with van der Waals surface area (Å²) in [6.45, 7) is 8.99. The van der Waals surface area contributed by atoms with Crippen LogP contribution in [0.1, 0.15) is 54.3 Å². The average Bonchev–Trinajstić information content (AvgIpc) is 3.12. The summed E-state index contributed by atoms with van der Waals surface area (Å²) in [6.07, 6.45) is 3.84. The molecule has 0 saturated carbocycles. The van der Waals surface area contributed by atoms with Crippen molar-refractivity contribution in [3.8, 4) is 0 Å². The SMILES string of the molecule is Cc1ccc(C(C)(C)CN(C)C(=O)c2cn(C3CCNCC3)nn2)cc1. The molecule has 1 fully saturated rings. The second-order valence-corrected chi connectivity index (χ2v) is 7.98. The Hall–Kier alpha value is -2.21. The molecule has 1 N–H and O–H groups in total. The first-order valence-corrected chi connectivity index (χ1v) is 9.32. The van der Waals surface area contributed by atoms with Gasteiger partial charge in [-0.3, -0.25) is 4.79 Å². The summed E-state index contributed by atoms with van der Waals surface area (Å²) in [5.74, 6) is -0.0784. The van der Waals surface area contributed by atoms with Crippen LogP contribution in [0.4, 0.5) is 0 Å². The number of hydrogen-bond acceptors (Lipinski definition) is 4. The molecule has 2 aromatic rings. The highest BCUT2D eigenvalue weighted by Gasteiger charge is 2.27. The minimum Gasteiger partial charge on any atom is -0.339 e. The van der Waals surface area contributed by atoms with E-state index in [0.29, 0.717) is 18.3 Å². The molecular formula is C20H29N5O. The van der Waals surface area contributed by atoms with Crippen molar-refractivity contribution in [2.45, 2.75) is 45.1 Å². The van der Waals surface area contributed by atoms with E-state index in [2.05, 4.69) is 60.7 Å². The number of likely N-dealkylation sites (N-methyl/N-ethyl adjacent to an activating group) is 1. The molecule has 0 atom stereocenters. The number of benzene rings is 1. The fourth-order valence-corrected chi connectivity index (χ4v) is 3.58. The Kier molecular flexibility index (Phi) is 5.41. The lowest BCUT2D eigenvalue weighted by Gasteiger charge is -2.30. The maximum absolute atomic E-state index is 12.8. The molecular weight excluding hydrogens is 326 g/mol. The lowest BCUT2D eigenvalue weighted by atomic mass is 9.84. The zero-order valence-corrected chi connectivity index (χ0v) is 16.2. The van der Waals surface area contributed by atoms with Crippen LogP contribution in [-0.4, -0.2) is 52.5 Å². The fraction of sp³-hybridized carbons (Fsp3) is 0.550. The average molecular weight is 355 g/mol. The number of hydrogen-bond donors (Lipinski definition) is 1. The van der Waals surface area contributed by atoms with Gasteiger partial charge in [-0.15, -0.1) is 5.10 Å². The van der Waals surface area contributed by atoms with Crippen LogP contribution >= 0.6 is 0 Å². The number of carbonyl (C=O) groups excluding carboxylic acids is 1. The van der Waals surface area contributed by atoms with Crippen molar-refractivity contribution in [2.24, 2.45) is 0 Å². The van der Waals surface area contributed by atoms with E-state index in [0.717, 1.165) is 25.9 Å². The van der Waals surface area contributed by atoms with E-state index in [4.69, 9.17) is 0 Å². The van der Waals surface area contributed by atoms with Gasteiger partial charge in [-0.25, -0.2) is 4.68 Å². The fourth-order valence-electron chi connectivity index (χ4n) is 3.58. The molecule has 6 heteroatoms. The highest BCUT2D eigenvalue weighted by Crippen LogP contribution is 2.25. The van der Waals surface area contributed by atoms with Crippen LogP contribution < -0.4 is 5.32 Å². The normalized spacial score (nSPS) is 15.8. The number of aromatic nitrogens is 3. The van der Waals surface area contributed by atoms with Crippen LogP contribution in [-0.2, 0) is 5.41 Å². The van der Waals surface area contributed by atoms with Crippen molar-refractivity contribution in [3.05, 3.63) is 47.3 Å². The van der Waals surface area contributed by atoms with Gasteiger partial charge in [0, 0.05) is 19.0 Å². The molecule has 0 bridgehead atoms. The van der Waals surface area contributed by atoms with Crippen LogP contribution in [0.2, 0.25) is 0 Å². The number of nitrogens with one attached hydrogen (secondary N) is 1. The van der Waals surface area contributed by atoms with Crippen LogP contribution in [0, 0.1) is 6.92 Å². The van der Waals surface area contributed by atoms with E-state index in [-0.39, 0.29) is 11.3 Å². The monoisotopic (exact) mass is 355 g/mol.